The maximum absolute atomic E-state index is 15.0. The number of hydrogen-bond acceptors (Lipinski definition) is 3. The molecule has 0 N–H and O–H groups in total. The van der Waals surface area contributed by atoms with Crippen LogP contribution in [0.3, 0.4) is 0 Å². The van der Waals surface area contributed by atoms with Gasteiger partial charge in [0.1, 0.15) is 11.6 Å². The van der Waals surface area contributed by atoms with Gasteiger partial charge < -0.3 is 19.1 Å². The maximum atomic E-state index is 15.0. The molecule has 0 atom stereocenters. The first-order valence-electron chi connectivity index (χ1n) is 13.2. The number of aromatic nitrogens is 1. The summed E-state index contributed by atoms with van der Waals surface area (Å²) in [5, 5.41) is 0. The predicted molar refractivity (Wildman–Crippen MR) is 150 cm³/mol. The standard InChI is InChI=1S/C32H32FN3O3/c1-23-27(32(38)35-19-17-34(18-20-35)31(37)16-15-24-9-4-3-5-10-24)22-30(25-11-8-12-26(21-25)39-2)36(23)29-14-7-6-13-28(29)33/h3-14,21-22H,15-20H2,1-2H3. The average Bonchev–Trinajstić information content (AvgIpc) is 3.33. The average molecular weight is 526 g/mol. The molecule has 0 radical (unpaired) electrons. The van der Waals surface area contributed by atoms with E-state index in [0.717, 1.165) is 11.1 Å². The van der Waals surface area contributed by atoms with Gasteiger partial charge in [-0.2, -0.15) is 0 Å². The summed E-state index contributed by atoms with van der Waals surface area (Å²) in [4.78, 5) is 30.1. The van der Waals surface area contributed by atoms with E-state index >= 15 is 0 Å². The number of halogens is 1. The molecule has 1 saturated heterocycles. The minimum Gasteiger partial charge on any atom is -0.497 e. The Morgan fingerprint density at radius 1 is 0.846 bits per heavy atom. The third-order valence-corrected chi connectivity index (χ3v) is 7.33. The van der Waals surface area contributed by atoms with E-state index in [-0.39, 0.29) is 17.6 Å². The highest BCUT2D eigenvalue weighted by Gasteiger charge is 2.28. The first-order valence-corrected chi connectivity index (χ1v) is 13.2. The Balaban J connectivity index is 1.36. The minimum atomic E-state index is -0.373. The van der Waals surface area contributed by atoms with Crippen LogP contribution in [0.5, 0.6) is 5.75 Å². The topological polar surface area (TPSA) is 54.8 Å². The van der Waals surface area contributed by atoms with E-state index in [2.05, 4.69) is 0 Å². The molecule has 3 aromatic carbocycles. The zero-order valence-corrected chi connectivity index (χ0v) is 22.3. The SMILES string of the molecule is COc1cccc(-c2cc(C(=O)N3CCN(C(=O)CCc4ccccc4)CC3)c(C)n2-c2ccccc2F)c1. The molecule has 0 bridgehead atoms. The van der Waals surface area contributed by atoms with E-state index < -0.39 is 0 Å². The van der Waals surface area contributed by atoms with Crippen LogP contribution in [0.1, 0.15) is 28.0 Å². The minimum absolute atomic E-state index is 0.105. The number of aryl methyl sites for hydroxylation is 1. The lowest BCUT2D eigenvalue weighted by molar-refractivity contribution is -0.132. The lowest BCUT2D eigenvalue weighted by Gasteiger charge is -2.35. The van der Waals surface area contributed by atoms with Crippen LogP contribution >= 0.6 is 0 Å². The maximum Gasteiger partial charge on any atom is 0.255 e. The molecule has 1 aliphatic heterocycles. The first-order chi connectivity index (χ1) is 19.0. The zero-order chi connectivity index (χ0) is 27.4. The Labute approximate surface area is 228 Å². The number of piperazine rings is 1. The highest BCUT2D eigenvalue weighted by atomic mass is 19.1. The van der Waals surface area contributed by atoms with Gasteiger partial charge in [0.05, 0.1) is 24.1 Å². The fraction of sp³-hybridized carbons (Fsp3) is 0.250. The molecular formula is C32H32FN3O3. The Kier molecular flexibility index (Phi) is 7.77. The number of methoxy groups -OCH3 is 1. The molecule has 2 heterocycles. The fourth-order valence-electron chi connectivity index (χ4n) is 5.15. The van der Waals surface area contributed by atoms with E-state index in [0.29, 0.717) is 67.4 Å². The number of benzene rings is 3. The summed E-state index contributed by atoms with van der Waals surface area (Å²) in [6.07, 6.45) is 1.15. The van der Waals surface area contributed by atoms with Gasteiger partial charge in [0.15, 0.2) is 0 Å². The van der Waals surface area contributed by atoms with Crippen LogP contribution in [-0.2, 0) is 11.2 Å². The number of para-hydroxylation sites is 1. The molecule has 0 unspecified atom stereocenters. The summed E-state index contributed by atoms with van der Waals surface area (Å²) >= 11 is 0. The van der Waals surface area contributed by atoms with Gasteiger partial charge in [-0.25, -0.2) is 4.39 Å². The van der Waals surface area contributed by atoms with Crippen LogP contribution < -0.4 is 4.74 Å². The monoisotopic (exact) mass is 525 g/mol. The van der Waals surface area contributed by atoms with Crippen molar-refractivity contribution in [1.29, 1.82) is 0 Å². The molecule has 200 valence electrons. The van der Waals surface area contributed by atoms with Gasteiger partial charge >= 0.3 is 0 Å². The van der Waals surface area contributed by atoms with E-state index in [9.17, 15) is 14.0 Å². The molecule has 5 rings (SSSR count). The van der Waals surface area contributed by atoms with Gasteiger partial charge in [-0.15, -0.1) is 0 Å². The third-order valence-electron chi connectivity index (χ3n) is 7.33. The molecular weight excluding hydrogens is 493 g/mol. The van der Waals surface area contributed by atoms with Crippen LogP contribution in [0.25, 0.3) is 16.9 Å². The second kappa shape index (κ2) is 11.6. The molecule has 7 heteroatoms. The van der Waals surface area contributed by atoms with E-state index in [1.54, 1.807) is 34.8 Å². The quantitative estimate of drug-likeness (QED) is 0.319. The number of rotatable bonds is 7. The van der Waals surface area contributed by atoms with Crippen LogP contribution in [0.2, 0.25) is 0 Å². The fourth-order valence-corrected chi connectivity index (χ4v) is 5.15. The molecule has 0 spiro atoms. The molecule has 0 aliphatic carbocycles. The van der Waals surface area contributed by atoms with Crippen molar-refractivity contribution in [3.63, 3.8) is 0 Å². The summed E-state index contributed by atoms with van der Waals surface area (Å²) in [7, 11) is 1.60. The largest absolute Gasteiger partial charge is 0.497 e. The Morgan fingerprint density at radius 3 is 2.26 bits per heavy atom. The van der Waals surface area contributed by atoms with Crippen LogP contribution in [0, 0.1) is 12.7 Å². The predicted octanol–water partition coefficient (Wildman–Crippen LogP) is 5.52. The van der Waals surface area contributed by atoms with Gasteiger partial charge in [0, 0.05) is 43.9 Å². The number of hydrogen-bond donors (Lipinski definition) is 0. The van der Waals surface area contributed by atoms with Crippen LogP contribution in [0.15, 0.2) is 84.9 Å². The van der Waals surface area contributed by atoms with Crippen molar-refractivity contribution in [1.82, 2.24) is 14.4 Å². The first kappa shape index (κ1) is 26.2. The van der Waals surface area contributed by atoms with E-state index in [1.807, 2.05) is 72.5 Å². The van der Waals surface area contributed by atoms with E-state index in [1.165, 1.54) is 6.07 Å². The van der Waals surface area contributed by atoms with Crippen LogP contribution in [0.4, 0.5) is 4.39 Å². The van der Waals surface area contributed by atoms with Gasteiger partial charge in [-0.05, 0) is 49.2 Å². The molecule has 1 aliphatic rings. The second-order valence-corrected chi connectivity index (χ2v) is 9.71. The molecule has 4 aromatic rings. The van der Waals surface area contributed by atoms with Crippen molar-refractivity contribution in [2.45, 2.75) is 19.8 Å². The number of ether oxygens (including phenoxy) is 1. The Morgan fingerprint density at radius 2 is 1.54 bits per heavy atom. The third kappa shape index (κ3) is 5.58. The smallest absolute Gasteiger partial charge is 0.255 e. The van der Waals surface area contributed by atoms with Crippen molar-refractivity contribution in [3.8, 4) is 22.7 Å². The van der Waals surface area contributed by atoms with Crippen molar-refractivity contribution < 1.29 is 18.7 Å². The van der Waals surface area contributed by atoms with Gasteiger partial charge in [0.25, 0.3) is 5.91 Å². The summed E-state index contributed by atoms with van der Waals surface area (Å²) in [6.45, 7) is 3.74. The lowest BCUT2D eigenvalue weighted by atomic mass is 10.1. The van der Waals surface area contributed by atoms with Gasteiger partial charge in [-0.3, -0.25) is 9.59 Å². The Bertz CT molecular complexity index is 1470. The van der Waals surface area contributed by atoms with Crippen molar-refractivity contribution in [2.75, 3.05) is 33.3 Å². The lowest BCUT2D eigenvalue weighted by Crippen LogP contribution is -2.50. The van der Waals surface area contributed by atoms with Crippen molar-refractivity contribution in [2.24, 2.45) is 0 Å². The number of amides is 2. The number of carbonyl (C=O) groups is 2. The van der Waals surface area contributed by atoms with Crippen molar-refractivity contribution in [3.05, 3.63) is 108 Å². The second-order valence-electron chi connectivity index (χ2n) is 9.71. The van der Waals surface area contributed by atoms with Gasteiger partial charge in [-0.1, -0.05) is 54.6 Å². The Hall–Kier alpha value is -4.39. The molecule has 1 fully saturated rings. The summed E-state index contributed by atoms with van der Waals surface area (Å²) in [5.74, 6) is 0.283. The summed E-state index contributed by atoms with van der Waals surface area (Å²) < 4.78 is 22.2. The van der Waals surface area contributed by atoms with Crippen LogP contribution in [-0.4, -0.2) is 59.5 Å². The van der Waals surface area contributed by atoms with E-state index in [4.69, 9.17) is 4.74 Å². The van der Waals surface area contributed by atoms with Gasteiger partial charge in [0.2, 0.25) is 5.91 Å². The normalized spacial score (nSPS) is 13.4. The molecule has 6 nitrogen and oxygen atoms in total. The molecule has 1 aromatic heterocycles. The molecule has 2 amide bonds. The van der Waals surface area contributed by atoms with Crippen molar-refractivity contribution >= 4 is 11.8 Å². The highest BCUT2D eigenvalue weighted by molar-refractivity contribution is 5.97. The summed E-state index contributed by atoms with van der Waals surface area (Å²) in [5.41, 5.74) is 4.20. The summed E-state index contributed by atoms with van der Waals surface area (Å²) in [6, 6.07) is 25.9. The molecule has 0 saturated carbocycles. The highest BCUT2D eigenvalue weighted by Crippen LogP contribution is 2.33. The number of carbonyl (C=O) groups excluding carboxylic acids is 2. The zero-order valence-electron chi connectivity index (χ0n) is 22.3. The molecule has 39 heavy (non-hydrogen) atoms. The number of nitrogens with zero attached hydrogens (tertiary/aromatic N) is 3.